The van der Waals surface area contributed by atoms with Crippen LogP contribution in [0.2, 0.25) is 0 Å². The predicted octanol–water partition coefficient (Wildman–Crippen LogP) is 2.05. The number of aliphatic hydroxyl groups is 1. The van der Waals surface area contributed by atoms with E-state index >= 15 is 0 Å². The number of halogens is 3. The zero-order chi connectivity index (χ0) is 18.0. The van der Waals surface area contributed by atoms with E-state index in [4.69, 9.17) is 0 Å². The first-order valence-electron chi connectivity index (χ1n) is 7.06. The highest BCUT2D eigenvalue weighted by Crippen LogP contribution is 2.29. The Labute approximate surface area is 138 Å². The van der Waals surface area contributed by atoms with E-state index in [-0.39, 0.29) is 17.9 Å². The highest BCUT2D eigenvalue weighted by molar-refractivity contribution is 5.54. The fourth-order valence-electron chi connectivity index (χ4n) is 2.10. The molecule has 3 rings (SSSR count). The maximum absolute atomic E-state index is 12.5. The summed E-state index contributed by atoms with van der Waals surface area (Å²) < 4.78 is 42.7. The molecular weight excluding hydrogens is 341 g/mol. The molecule has 0 aliphatic rings. The van der Waals surface area contributed by atoms with Crippen molar-refractivity contribution >= 4 is 0 Å². The lowest BCUT2D eigenvalue weighted by Crippen LogP contribution is -2.24. The van der Waals surface area contributed by atoms with Crippen molar-refractivity contribution in [2.45, 2.75) is 18.8 Å². The summed E-state index contributed by atoms with van der Waals surface area (Å²) in [6.45, 7) is -0.0561. The Bertz CT molecular complexity index is 919. The van der Waals surface area contributed by atoms with E-state index in [9.17, 15) is 23.1 Å². The molecule has 0 radical (unpaired) electrons. The number of aliphatic hydroxyl groups excluding tert-OH is 1. The topological polar surface area (TPSA) is 94.0 Å². The van der Waals surface area contributed by atoms with Crippen LogP contribution in [0.3, 0.4) is 0 Å². The molecule has 1 atom stereocenters. The molecule has 3 aromatic rings. The second-order valence-electron chi connectivity index (χ2n) is 5.10. The van der Waals surface area contributed by atoms with E-state index in [0.29, 0.717) is 11.1 Å². The largest absolute Gasteiger partial charge is 0.471 e. The Morgan fingerprint density at radius 1 is 1.20 bits per heavy atom. The minimum absolute atomic E-state index is 0.0561. The first-order valence-corrected chi connectivity index (χ1v) is 7.06. The van der Waals surface area contributed by atoms with Gasteiger partial charge in [-0.2, -0.15) is 23.3 Å². The van der Waals surface area contributed by atoms with Crippen LogP contribution < -0.4 is 5.56 Å². The number of aromatic nitrogens is 4. The average molecular weight is 352 g/mol. The molecule has 0 aliphatic heterocycles. The molecule has 7 nitrogen and oxygen atoms in total. The molecule has 0 saturated carbocycles. The summed E-state index contributed by atoms with van der Waals surface area (Å²) in [5.41, 5.74) is 0.399. The summed E-state index contributed by atoms with van der Waals surface area (Å²) in [6, 6.07) is 8.70. The second-order valence-corrected chi connectivity index (χ2v) is 5.10. The lowest BCUT2D eigenvalue weighted by molar-refractivity contribution is -0.159. The van der Waals surface area contributed by atoms with Gasteiger partial charge in [-0.3, -0.25) is 4.79 Å². The van der Waals surface area contributed by atoms with Gasteiger partial charge in [-0.1, -0.05) is 29.4 Å². The molecule has 0 aliphatic carbocycles. The number of hydrogen-bond acceptors (Lipinski definition) is 6. The highest BCUT2D eigenvalue weighted by Gasteiger charge is 2.38. The van der Waals surface area contributed by atoms with Crippen molar-refractivity contribution in [2.75, 3.05) is 0 Å². The SMILES string of the molecule is O=c1cccnn1CC(O)c1ccc(-c2noc(C(F)(F)F)n2)cc1. The Morgan fingerprint density at radius 3 is 2.52 bits per heavy atom. The van der Waals surface area contributed by atoms with Crippen molar-refractivity contribution < 1.29 is 22.8 Å². The van der Waals surface area contributed by atoms with Crippen molar-refractivity contribution in [1.82, 2.24) is 19.9 Å². The van der Waals surface area contributed by atoms with Crippen molar-refractivity contribution in [1.29, 1.82) is 0 Å². The molecule has 2 heterocycles. The van der Waals surface area contributed by atoms with Gasteiger partial charge < -0.3 is 9.63 Å². The van der Waals surface area contributed by atoms with E-state index < -0.39 is 18.2 Å². The average Bonchev–Trinajstić information content (AvgIpc) is 3.07. The Hall–Kier alpha value is -3.01. The molecule has 1 unspecified atom stereocenters. The van der Waals surface area contributed by atoms with Crippen molar-refractivity contribution in [3.05, 3.63) is 64.4 Å². The van der Waals surface area contributed by atoms with Crippen LogP contribution in [0.5, 0.6) is 0 Å². The summed E-state index contributed by atoms with van der Waals surface area (Å²) in [7, 11) is 0. The van der Waals surface area contributed by atoms with Crippen LogP contribution in [0, 0.1) is 0 Å². The number of benzene rings is 1. The first kappa shape index (κ1) is 16.8. The molecule has 130 valence electrons. The standard InChI is InChI=1S/C15H11F3N4O3/c16-15(17,18)14-20-13(21-25-14)10-5-3-9(4-6-10)11(23)8-22-12(24)2-1-7-19-22/h1-7,11,23H,8H2. The summed E-state index contributed by atoms with van der Waals surface area (Å²) in [6.07, 6.45) is -4.30. The third-order valence-electron chi connectivity index (χ3n) is 3.35. The number of alkyl halides is 3. The van der Waals surface area contributed by atoms with Crippen LogP contribution in [0.4, 0.5) is 13.2 Å². The van der Waals surface area contributed by atoms with Crippen LogP contribution in [0.25, 0.3) is 11.4 Å². The monoisotopic (exact) mass is 352 g/mol. The van der Waals surface area contributed by atoms with Crippen molar-refractivity contribution in [2.24, 2.45) is 0 Å². The fourth-order valence-corrected chi connectivity index (χ4v) is 2.10. The molecule has 2 aromatic heterocycles. The zero-order valence-electron chi connectivity index (χ0n) is 12.5. The lowest BCUT2D eigenvalue weighted by atomic mass is 10.1. The van der Waals surface area contributed by atoms with Gasteiger partial charge in [0.2, 0.25) is 5.82 Å². The van der Waals surface area contributed by atoms with Gasteiger partial charge in [0.15, 0.2) is 0 Å². The molecule has 1 N–H and O–H groups in total. The molecule has 10 heteroatoms. The molecule has 0 bridgehead atoms. The Kier molecular flexibility index (Phi) is 4.36. The Morgan fingerprint density at radius 2 is 1.92 bits per heavy atom. The maximum atomic E-state index is 12.5. The summed E-state index contributed by atoms with van der Waals surface area (Å²) in [4.78, 5) is 14.9. The van der Waals surface area contributed by atoms with E-state index in [2.05, 4.69) is 19.8 Å². The second kappa shape index (κ2) is 6.48. The molecular formula is C15H11F3N4O3. The summed E-state index contributed by atoms with van der Waals surface area (Å²) in [5, 5.41) is 17.3. The van der Waals surface area contributed by atoms with Crippen LogP contribution in [-0.2, 0) is 12.7 Å². The van der Waals surface area contributed by atoms with Crippen molar-refractivity contribution in [3.8, 4) is 11.4 Å². The van der Waals surface area contributed by atoms with Crippen LogP contribution >= 0.6 is 0 Å². The minimum Gasteiger partial charge on any atom is -0.386 e. The van der Waals surface area contributed by atoms with Gasteiger partial charge in [-0.05, 0) is 11.6 Å². The van der Waals surface area contributed by atoms with Crippen LogP contribution in [0.15, 0.2) is 51.9 Å². The van der Waals surface area contributed by atoms with Gasteiger partial charge in [0.25, 0.3) is 5.56 Å². The molecule has 0 amide bonds. The van der Waals surface area contributed by atoms with E-state index in [1.165, 1.54) is 42.6 Å². The molecule has 0 saturated heterocycles. The number of nitrogens with zero attached hydrogens (tertiary/aromatic N) is 4. The number of rotatable bonds is 4. The van der Waals surface area contributed by atoms with Gasteiger partial charge in [0.1, 0.15) is 0 Å². The molecule has 1 aromatic carbocycles. The van der Waals surface area contributed by atoms with Gasteiger partial charge in [-0.25, -0.2) is 4.68 Å². The molecule has 25 heavy (non-hydrogen) atoms. The third-order valence-corrected chi connectivity index (χ3v) is 3.35. The minimum atomic E-state index is -4.71. The quantitative estimate of drug-likeness (QED) is 0.772. The zero-order valence-corrected chi connectivity index (χ0v) is 12.5. The third kappa shape index (κ3) is 3.74. The van der Waals surface area contributed by atoms with Crippen LogP contribution in [-0.4, -0.2) is 25.0 Å². The van der Waals surface area contributed by atoms with Gasteiger partial charge in [0.05, 0.1) is 12.6 Å². The fraction of sp³-hybridized carbons (Fsp3) is 0.200. The molecule has 0 spiro atoms. The summed E-state index contributed by atoms with van der Waals surface area (Å²) >= 11 is 0. The van der Waals surface area contributed by atoms with Gasteiger partial charge in [-0.15, -0.1) is 0 Å². The lowest BCUT2D eigenvalue weighted by Gasteiger charge is -2.12. The van der Waals surface area contributed by atoms with E-state index in [0.717, 1.165) is 4.68 Å². The van der Waals surface area contributed by atoms with E-state index in [1.807, 2.05) is 0 Å². The smallest absolute Gasteiger partial charge is 0.386 e. The number of hydrogen-bond donors (Lipinski definition) is 1. The van der Waals surface area contributed by atoms with E-state index in [1.54, 1.807) is 0 Å². The van der Waals surface area contributed by atoms with Gasteiger partial charge >= 0.3 is 12.1 Å². The summed E-state index contributed by atoms with van der Waals surface area (Å²) in [5.74, 6) is -1.64. The normalized spacial score (nSPS) is 13.0. The van der Waals surface area contributed by atoms with Crippen molar-refractivity contribution in [3.63, 3.8) is 0 Å². The Balaban J connectivity index is 1.77. The first-order chi connectivity index (χ1) is 11.8. The predicted molar refractivity (Wildman–Crippen MR) is 78.2 cm³/mol. The molecule has 0 fully saturated rings. The van der Waals surface area contributed by atoms with Crippen LogP contribution in [0.1, 0.15) is 17.6 Å². The highest BCUT2D eigenvalue weighted by atomic mass is 19.4. The van der Waals surface area contributed by atoms with Gasteiger partial charge in [0, 0.05) is 17.8 Å². The maximum Gasteiger partial charge on any atom is 0.471 e.